The zero-order valence-corrected chi connectivity index (χ0v) is 18.5. The maximum absolute atomic E-state index is 13.6. The summed E-state index contributed by atoms with van der Waals surface area (Å²) in [7, 11) is 0. The summed E-state index contributed by atoms with van der Waals surface area (Å²) in [5.41, 5.74) is -0.858. The average molecular weight is 443 g/mol. The van der Waals surface area contributed by atoms with Gasteiger partial charge in [0.15, 0.2) is 5.82 Å². The van der Waals surface area contributed by atoms with E-state index >= 15 is 0 Å². The van der Waals surface area contributed by atoms with Gasteiger partial charge in [0.05, 0.1) is 24.5 Å². The molecule has 9 nitrogen and oxygen atoms in total. The van der Waals surface area contributed by atoms with Gasteiger partial charge in [-0.1, -0.05) is 43.5 Å². The number of likely N-dealkylation sites (tertiary alicyclic amines) is 1. The summed E-state index contributed by atoms with van der Waals surface area (Å²) in [6, 6.07) is 1.27. The van der Waals surface area contributed by atoms with Crippen molar-refractivity contribution in [3.63, 3.8) is 0 Å². The van der Waals surface area contributed by atoms with Crippen molar-refractivity contribution >= 4 is 23.5 Å². The van der Waals surface area contributed by atoms with E-state index in [0.29, 0.717) is 24.5 Å². The van der Waals surface area contributed by atoms with E-state index in [4.69, 9.17) is 9.26 Å². The van der Waals surface area contributed by atoms with E-state index in [1.807, 2.05) is 19.1 Å². The van der Waals surface area contributed by atoms with Crippen molar-refractivity contribution in [3.05, 3.63) is 24.0 Å². The maximum atomic E-state index is 13.6. The van der Waals surface area contributed by atoms with Crippen LogP contribution < -0.4 is 10.6 Å². The Hall–Kier alpha value is -2.68. The topological polar surface area (TPSA) is 114 Å². The Balaban J connectivity index is 1.36. The third kappa shape index (κ3) is 3.43. The highest BCUT2D eigenvalue weighted by atomic mass is 16.5. The van der Waals surface area contributed by atoms with Gasteiger partial charge < -0.3 is 24.8 Å². The zero-order valence-electron chi connectivity index (χ0n) is 18.5. The van der Waals surface area contributed by atoms with Crippen LogP contribution in [0.25, 0.3) is 0 Å². The molecule has 3 amide bonds. The first-order valence-corrected chi connectivity index (χ1v) is 11.6. The largest absolute Gasteiger partial charge is 0.360 e. The van der Waals surface area contributed by atoms with E-state index < -0.39 is 29.6 Å². The molecule has 9 heteroatoms. The number of ether oxygens (including phenoxy) is 1. The van der Waals surface area contributed by atoms with Crippen LogP contribution in [-0.2, 0) is 19.1 Å². The molecule has 2 bridgehead atoms. The van der Waals surface area contributed by atoms with Gasteiger partial charge in [0.25, 0.3) is 0 Å². The van der Waals surface area contributed by atoms with Crippen LogP contribution in [0.1, 0.15) is 51.2 Å². The summed E-state index contributed by atoms with van der Waals surface area (Å²) in [5, 5.41) is 9.72. The molecule has 4 aliphatic rings. The molecule has 0 aromatic carbocycles. The molecule has 1 aromatic heterocycles. The normalized spacial score (nSPS) is 31.9. The molecule has 4 heterocycles. The van der Waals surface area contributed by atoms with E-state index in [0.717, 1.165) is 32.1 Å². The number of aromatic nitrogens is 1. The van der Waals surface area contributed by atoms with E-state index in [9.17, 15) is 14.4 Å². The summed E-state index contributed by atoms with van der Waals surface area (Å²) in [4.78, 5) is 41.5. The lowest BCUT2D eigenvalue weighted by molar-refractivity contribution is -0.142. The van der Waals surface area contributed by atoms with Crippen LogP contribution in [0, 0.1) is 18.8 Å². The van der Waals surface area contributed by atoms with Gasteiger partial charge in [-0.3, -0.25) is 14.4 Å². The van der Waals surface area contributed by atoms with Crippen molar-refractivity contribution in [1.29, 1.82) is 0 Å². The number of rotatable bonds is 7. The highest BCUT2D eigenvalue weighted by Gasteiger charge is 2.67. The van der Waals surface area contributed by atoms with Crippen molar-refractivity contribution in [3.8, 4) is 0 Å². The molecule has 3 fully saturated rings. The van der Waals surface area contributed by atoms with Gasteiger partial charge in [-0.15, -0.1) is 0 Å². The second-order valence-corrected chi connectivity index (χ2v) is 9.47. The van der Waals surface area contributed by atoms with Crippen LogP contribution >= 0.6 is 0 Å². The van der Waals surface area contributed by atoms with E-state index in [1.165, 1.54) is 0 Å². The van der Waals surface area contributed by atoms with Crippen LogP contribution in [0.2, 0.25) is 0 Å². The first-order valence-electron chi connectivity index (χ1n) is 11.6. The predicted molar refractivity (Wildman–Crippen MR) is 114 cm³/mol. The van der Waals surface area contributed by atoms with Crippen LogP contribution in [0.15, 0.2) is 22.7 Å². The molecule has 2 saturated heterocycles. The molecule has 5 rings (SSSR count). The molecule has 0 radical (unpaired) electrons. The lowest BCUT2D eigenvalue weighted by Crippen LogP contribution is -2.51. The van der Waals surface area contributed by atoms with Crippen molar-refractivity contribution in [2.45, 2.75) is 76.2 Å². The van der Waals surface area contributed by atoms with Crippen LogP contribution in [-0.4, -0.2) is 58.1 Å². The van der Waals surface area contributed by atoms with Gasteiger partial charge in [-0.2, -0.15) is 0 Å². The molecule has 0 unspecified atom stereocenters. The number of carbonyl (C=O) groups excluding carboxylic acids is 3. The summed E-state index contributed by atoms with van der Waals surface area (Å²) >= 11 is 0. The molecule has 172 valence electrons. The summed E-state index contributed by atoms with van der Waals surface area (Å²) in [6.07, 6.45) is 8.88. The first kappa shape index (κ1) is 21.2. The van der Waals surface area contributed by atoms with Crippen LogP contribution in [0.5, 0.6) is 0 Å². The van der Waals surface area contributed by atoms with E-state index in [-0.39, 0.29) is 23.8 Å². The number of anilines is 1. The molecule has 1 aliphatic carbocycles. The molecule has 3 aliphatic heterocycles. The van der Waals surface area contributed by atoms with Gasteiger partial charge in [-0.05, 0) is 26.2 Å². The summed E-state index contributed by atoms with van der Waals surface area (Å²) < 4.78 is 11.2. The highest BCUT2D eigenvalue weighted by molar-refractivity contribution is 6.00. The molecular weight excluding hydrogens is 412 g/mol. The number of aryl methyl sites for hydroxylation is 1. The molecular formula is C23H30N4O5. The van der Waals surface area contributed by atoms with Gasteiger partial charge in [0, 0.05) is 12.1 Å². The third-order valence-corrected chi connectivity index (χ3v) is 7.25. The van der Waals surface area contributed by atoms with E-state index in [1.54, 1.807) is 17.9 Å². The second kappa shape index (κ2) is 8.03. The predicted octanol–water partition coefficient (Wildman–Crippen LogP) is 1.93. The lowest BCUT2D eigenvalue weighted by Gasteiger charge is -2.30. The Kier molecular flexibility index (Phi) is 5.31. The Morgan fingerprint density at radius 1 is 1.34 bits per heavy atom. The second-order valence-electron chi connectivity index (χ2n) is 9.47. The number of hydrogen-bond donors (Lipinski definition) is 2. The highest BCUT2D eigenvalue weighted by Crippen LogP contribution is 2.52. The van der Waals surface area contributed by atoms with Crippen molar-refractivity contribution in [2.24, 2.45) is 11.8 Å². The van der Waals surface area contributed by atoms with Gasteiger partial charge in [0.1, 0.15) is 17.4 Å². The molecule has 5 atom stereocenters. The minimum Gasteiger partial charge on any atom is -0.360 e. The van der Waals surface area contributed by atoms with Crippen LogP contribution in [0.3, 0.4) is 0 Å². The molecule has 2 N–H and O–H groups in total. The standard InChI is InChI=1S/C23H30N4O5/c1-3-6-15(20(28)24-14-7-4-5-8-14)27-12-23-10-9-16(31-23)18(19(23)22(27)30)21(29)25-17-11-13(2)32-26-17/h9-11,14-16,18-19H,3-8,12H2,1-2H3,(H,24,28)(H,25,26,29)/t15-,16+,18-,19+,23+/m0/s1. The number of nitrogens with one attached hydrogen (secondary N) is 2. The van der Waals surface area contributed by atoms with Crippen molar-refractivity contribution in [1.82, 2.24) is 15.4 Å². The fourth-order valence-electron chi connectivity index (χ4n) is 5.80. The Labute approximate surface area is 186 Å². The number of hydrogen-bond acceptors (Lipinski definition) is 6. The number of amides is 3. The molecule has 1 spiro atoms. The smallest absolute Gasteiger partial charge is 0.243 e. The Bertz CT molecular complexity index is 952. The fraction of sp³-hybridized carbons (Fsp3) is 0.652. The number of fused-ring (bicyclic) bond motifs is 1. The minimum absolute atomic E-state index is 0.0962. The van der Waals surface area contributed by atoms with E-state index in [2.05, 4.69) is 15.8 Å². The van der Waals surface area contributed by atoms with Gasteiger partial charge in [-0.25, -0.2) is 0 Å². The molecule has 32 heavy (non-hydrogen) atoms. The SMILES string of the molecule is CCC[C@@H](C(=O)NC1CCCC1)N1C[C@@]23C=C[C@@H](O2)[C@H](C(=O)Nc2cc(C)on2)[C@@H]3C1=O. The first-order chi connectivity index (χ1) is 15.4. The Morgan fingerprint density at radius 3 is 2.81 bits per heavy atom. The monoisotopic (exact) mass is 442 g/mol. The van der Waals surface area contributed by atoms with Crippen molar-refractivity contribution in [2.75, 3.05) is 11.9 Å². The van der Waals surface area contributed by atoms with Gasteiger partial charge >= 0.3 is 0 Å². The Morgan fingerprint density at radius 2 is 2.12 bits per heavy atom. The van der Waals surface area contributed by atoms with Crippen molar-refractivity contribution < 1.29 is 23.6 Å². The number of carbonyl (C=O) groups is 3. The van der Waals surface area contributed by atoms with Gasteiger partial charge in [0.2, 0.25) is 17.7 Å². The quantitative estimate of drug-likeness (QED) is 0.624. The minimum atomic E-state index is -0.858. The fourth-order valence-corrected chi connectivity index (χ4v) is 5.80. The maximum Gasteiger partial charge on any atom is 0.243 e. The van der Waals surface area contributed by atoms with Crippen LogP contribution in [0.4, 0.5) is 5.82 Å². The summed E-state index contributed by atoms with van der Waals surface area (Å²) in [5.74, 6) is -1.03. The average Bonchev–Trinajstić information content (AvgIpc) is 3.56. The lowest BCUT2D eigenvalue weighted by atomic mass is 9.77. The number of nitrogens with zero attached hydrogens (tertiary/aromatic N) is 2. The zero-order chi connectivity index (χ0) is 22.5. The molecule has 1 saturated carbocycles. The summed E-state index contributed by atoms with van der Waals surface area (Å²) in [6.45, 7) is 4.04. The molecule has 1 aromatic rings. The third-order valence-electron chi connectivity index (χ3n) is 7.25.